The van der Waals surface area contributed by atoms with Crippen LogP contribution >= 0.6 is 0 Å². The summed E-state index contributed by atoms with van der Waals surface area (Å²) < 4.78 is 5.50. The van der Waals surface area contributed by atoms with Crippen molar-refractivity contribution in [2.24, 2.45) is 0 Å². The third kappa shape index (κ3) is 1.97. The number of nitriles is 1. The summed E-state index contributed by atoms with van der Waals surface area (Å²) in [6.07, 6.45) is 0. The van der Waals surface area contributed by atoms with Crippen molar-refractivity contribution in [1.82, 2.24) is 9.72 Å². The predicted octanol–water partition coefficient (Wildman–Crippen LogP) is 0.935. The maximum atomic E-state index is 11.3. The molecule has 0 fully saturated rings. The molecule has 2 rings (SSSR count). The summed E-state index contributed by atoms with van der Waals surface area (Å²) in [5.41, 5.74) is 0.387. The number of hydrogen-bond acceptors (Lipinski definition) is 6. The number of hydrogen-bond donors (Lipinski definition) is 0. The molecule has 1 aromatic heterocycles. The lowest BCUT2D eigenvalue weighted by Crippen LogP contribution is -2.14. The summed E-state index contributed by atoms with van der Waals surface area (Å²) >= 11 is 0. The standard InChI is InChI=1S/C10H6N4O4/c11-5-6-13-9(12-18-10(13)15)7-1-3-8(4-2-7)14(16)17/h1-4H,6H2. The van der Waals surface area contributed by atoms with Crippen LogP contribution in [0.3, 0.4) is 0 Å². The number of benzene rings is 1. The molecule has 0 saturated carbocycles. The van der Waals surface area contributed by atoms with E-state index in [9.17, 15) is 14.9 Å². The van der Waals surface area contributed by atoms with E-state index in [4.69, 9.17) is 5.26 Å². The van der Waals surface area contributed by atoms with Gasteiger partial charge in [0.15, 0.2) is 5.82 Å². The van der Waals surface area contributed by atoms with E-state index in [1.54, 1.807) is 6.07 Å². The lowest BCUT2D eigenvalue weighted by atomic mass is 10.2. The minimum atomic E-state index is -0.745. The summed E-state index contributed by atoms with van der Waals surface area (Å²) in [7, 11) is 0. The van der Waals surface area contributed by atoms with Crippen molar-refractivity contribution in [1.29, 1.82) is 5.26 Å². The van der Waals surface area contributed by atoms with Crippen molar-refractivity contribution in [3.63, 3.8) is 0 Å². The van der Waals surface area contributed by atoms with Crippen LogP contribution in [0.25, 0.3) is 11.4 Å². The van der Waals surface area contributed by atoms with Gasteiger partial charge in [-0.2, -0.15) is 5.26 Å². The fourth-order valence-corrected chi connectivity index (χ4v) is 1.42. The number of non-ortho nitro benzene ring substituents is 1. The first-order chi connectivity index (χ1) is 8.63. The zero-order valence-electron chi connectivity index (χ0n) is 8.94. The van der Waals surface area contributed by atoms with Gasteiger partial charge in [-0.1, -0.05) is 5.16 Å². The summed E-state index contributed by atoms with van der Waals surface area (Å²) in [4.78, 5) is 21.2. The summed E-state index contributed by atoms with van der Waals surface area (Å²) in [5.74, 6) is -0.582. The van der Waals surface area contributed by atoms with Crippen molar-refractivity contribution in [2.75, 3.05) is 0 Å². The predicted molar refractivity (Wildman–Crippen MR) is 58.5 cm³/mol. The first kappa shape index (κ1) is 11.5. The Morgan fingerprint density at radius 3 is 2.67 bits per heavy atom. The third-order valence-corrected chi connectivity index (χ3v) is 2.25. The normalized spacial score (nSPS) is 9.94. The topological polar surface area (TPSA) is 115 Å². The zero-order valence-corrected chi connectivity index (χ0v) is 8.94. The van der Waals surface area contributed by atoms with E-state index in [0.717, 1.165) is 4.57 Å². The van der Waals surface area contributed by atoms with E-state index >= 15 is 0 Å². The van der Waals surface area contributed by atoms with Crippen LogP contribution in [-0.2, 0) is 6.54 Å². The lowest BCUT2D eigenvalue weighted by Gasteiger charge is -1.99. The van der Waals surface area contributed by atoms with E-state index < -0.39 is 10.7 Å². The van der Waals surface area contributed by atoms with Gasteiger partial charge in [-0.05, 0) is 12.1 Å². The molecular weight excluding hydrogens is 240 g/mol. The maximum Gasteiger partial charge on any atom is 0.442 e. The molecule has 0 spiro atoms. The number of nitro groups is 1. The third-order valence-electron chi connectivity index (χ3n) is 2.25. The van der Waals surface area contributed by atoms with Crippen LogP contribution in [0.1, 0.15) is 0 Å². The van der Waals surface area contributed by atoms with Gasteiger partial charge in [-0.15, -0.1) is 0 Å². The van der Waals surface area contributed by atoms with Crippen LogP contribution in [0.2, 0.25) is 0 Å². The summed E-state index contributed by atoms with van der Waals surface area (Å²) in [6, 6.07) is 7.24. The summed E-state index contributed by atoms with van der Waals surface area (Å²) in [5, 5.41) is 22.6. The van der Waals surface area contributed by atoms with Gasteiger partial charge in [0.05, 0.1) is 11.0 Å². The van der Waals surface area contributed by atoms with Gasteiger partial charge in [0.2, 0.25) is 0 Å². The van der Waals surface area contributed by atoms with Crippen LogP contribution in [0.5, 0.6) is 0 Å². The number of nitrogens with zero attached hydrogens (tertiary/aromatic N) is 4. The molecule has 8 nitrogen and oxygen atoms in total. The number of rotatable bonds is 3. The van der Waals surface area contributed by atoms with Gasteiger partial charge < -0.3 is 0 Å². The van der Waals surface area contributed by atoms with Crippen molar-refractivity contribution in [3.05, 3.63) is 44.9 Å². The Bertz CT molecular complexity index is 677. The lowest BCUT2D eigenvalue weighted by molar-refractivity contribution is -0.384. The Morgan fingerprint density at radius 1 is 1.44 bits per heavy atom. The Morgan fingerprint density at radius 2 is 2.11 bits per heavy atom. The van der Waals surface area contributed by atoms with Gasteiger partial charge >= 0.3 is 5.76 Å². The second kappa shape index (κ2) is 4.50. The highest BCUT2D eigenvalue weighted by Gasteiger charge is 2.13. The summed E-state index contributed by atoms with van der Waals surface area (Å²) in [6.45, 7) is -0.200. The minimum absolute atomic E-state index is 0.0728. The second-order valence-corrected chi connectivity index (χ2v) is 3.32. The highest BCUT2D eigenvalue weighted by Crippen LogP contribution is 2.19. The van der Waals surface area contributed by atoms with Crippen molar-refractivity contribution >= 4 is 5.69 Å². The van der Waals surface area contributed by atoms with Gasteiger partial charge in [0.25, 0.3) is 5.69 Å². The highest BCUT2D eigenvalue weighted by atomic mass is 16.6. The first-order valence-electron chi connectivity index (χ1n) is 4.82. The maximum absolute atomic E-state index is 11.3. The quantitative estimate of drug-likeness (QED) is 0.587. The molecule has 90 valence electrons. The van der Waals surface area contributed by atoms with Crippen molar-refractivity contribution in [2.45, 2.75) is 6.54 Å². The molecular formula is C10H6N4O4. The Balaban J connectivity index is 2.46. The first-order valence-corrected chi connectivity index (χ1v) is 4.82. The van der Waals surface area contributed by atoms with E-state index in [2.05, 4.69) is 9.68 Å². The fraction of sp³-hybridized carbons (Fsp3) is 0.100. The molecule has 1 heterocycles. The zero-order chi connectivity index (χ0) is 13.1. The molecule has 0 N–H and O–H groups in total. The molecule has 1 aromatic carbocycles. The van der Waals surface area contributed by atoms with Crippen molar-refractivity contribution < 1.29 is 9.45 Å². The molecule has 0 aliphatic heterocycles. The molecule has 0 atom stereocenters. The SMILES string of the molecule is N#CCn1c(-c2ccc([N+](=O)[O-])cc2)noc1=O. The van der Waals surface area contributed by atoms with Crippen LogP contribution in [0.15, 0.2) is 33.6 Å². The van der Waals surface area contributed by atoms with Crippen LogP contribution < -0.4 is 5.76 Å². The number of nitro benzene ring substituents is 1. The van der Waals surface area contributed by atoms with E-state index in [-0.39, 0.29) is 18.1 Å². The highest BCUT2D eigenvalue weighted by molar-refractivity contribution is 5.57. The number of aromatic nitrogens is 2. The van der Waals surface area contributed by atoms with E-state index in [0.29, 0.717) is 5.56 Å². The smallest absolute Gasteiger partial charge is 0.295 e. The van der Waals surface area contributed by atoms with E-state index in [1.807, 2.05) is 0 Å². The Labute approximate surface area is 99.8 Å². The molecule has 8 heteroatoms. The van der Waals surface area contributed by atoms with Gasteiger partial charge in [0.1, 0.15) is 6.54 Å². The van der Waals surface area contributed by atoms with Gasteiger partial charge in [0, 0.05) is 17.7 Å². The fourth-order valence-electron chi connectivity index (χ4n) is 1.42. The second-order valence-electron chi connectivity index (χ2n) is 3.32. The average Bonchev–Trinajstić information content (AvgIpc) is 2.72. The Hall–Kier alpha value is -2.95. The molecule has 18 heavy (non-hydrogen) atoms. The molecule has 0 aliphatic rings. The van der Waals surface area contributed by atoms with Gasteiger partial charge in [-0.3, -0.25) is 14.6 Å². The van der Waals surface area contributed by atoms with Crippen LogP contribution in [0, 0.1) is 21.4 Å². The molecule has 0 amide bonds. The van der Waals surface area contributed by atoms with Gasteiger partial charge in [-0.25, -0.2) is 9.36 Å². The van der Waals surface area contributed by atoms with Crippen molar-refractivity contribution in [3.8, 4) is 17.5 Å². The molecule has 0 radical (unpaired) electrons. The minimum Gasteiger partial charge on any atom is -0.295 e. The monoisotopic (exact) mass is 246 g/mol. The average molecular weight is 246 g/mol. The Kier molecular flexibility index (Phi) is 2.89. The molecule has 0 saturated heterocycles. The van der Waals surface area contributed by atoms with Crippen LogP contribution in [0.4, 0.5) is 5.69 Å². The molecule has 0 aliphatic carbocycles. The van der Waals surface area contributed by atoms with Crippen LogP contribution in [-0.4, -0.2) is 14.6 Å². The molecule has 0 bridgehead atoms. The largest absolute Gasteiger partial charge is 0.442 e. The van der Waals surface area contributed by atoms with E-state index in [1.165, 1.54) is 24.3 Å². The molecule has 2 aromatic rings. The molecule has 0 unspecified atom stereocenters.